The van der Waals surface area contributed by atoms with Crippen molar-refractivity contribution in [3.63, 3.8) is 0 Å². The molecule has 1 aromatic heterocycles. The second-order valence-corrected chi connectivity index (χ2v) is 10.4. The standard InChI is InChI=1S/C24H22ClNO3S/c1-24(2,3)15-16-8-7-11-18-19-12-13-26-23(25)22(19)21(14-20(16)18)29-30(27,28)17-9-5-4-6-10-17/h4-14H,15H2,1-3H3. The van der Waals surface area contributed by atoms with Gasteiger partial charge >= 0.3 is 10.1 Å². The fourth-order valence-electron chi connectivity index (χ4n) is 3.66. The SMILES string of the molecule is CC(C)(C)Cc1cccc2c1cc(OS(=O)(=O)c1ccccc1)c1c(Cl)nccc12. The summed E-state index contributed by atoms with van der Waals surface area (Å²) >= 11 is 6.40. The molecule has 3 aromatic carbocycles. The lowest BCUT2D eigenvalue weighted by molar-refractivity contribution is 0.412. The predicted octanol–water partition coefficient (Wildman–Crippen LogP) is 6.40. The number of halogens is 1. The Labute approximate surface area is 181 Å². The van der Waals surface area contributed by atoms with Crippen molar-refractivity contribution in [2.75, 3.05) is 0 Å². The van der Waals surface area contributed by atoms with Crippen molar-refractivity contribution in [3.05, 3.63) is 77.6 Å². The van der Waals surface area contributed by atoms with Gasteiger partial charge in [-0.3, -0.25) is 0 Å². The zero-order valence-corrected chi connectivity index (χ0v) is 18.6. The van der Waals surface area contributed by atoms with Gasteiger partial charge in [-0.15, -0.1) is 0 Å². The van der Waals surface area contributed by atoms with E-state index in [0.717, 1.165) is 28.1 Å². The van der Waals surface area contributed by atoms with E-state index in [0.29, 0.717) is 5.39 Å². The van der Waals surface area contributed by atoms with Crippen LogP contribution >= 0.6 is 11.6 Å². The number of hydrogen-bond donors (Lipinski definition) is 0. The minimum atomic E-state index is -4.02. The molecule has 0 saturated carbocycles. The van der Waals surface area contributed by atoms with Crippen LogP contribution in [-0.4, -0.2) is 13.4 Å². The molecule has 0 amide bonds. The van der Waals surface area contributed by atoms with E-state index < -0.39 is 10.1 Å². The number of pyridine rings is 1. The van der Waals surface area contributed by atoms with E-state index >= 15 is 0 Å². The van der Waals surface area contributed by atoms with Gasteiger partial charge in [0.2, 0.25) is 0 Å². The molecule has 154 valence electrons. The molecule has 0 aliphatic rings. The number of benzene rings is 3. The fourth-order valence-corrected chi connectivity index (χ4v) is 4.87. The lowest BCUT2D eigenvalue weighted by Gasteiger charge is -2.20. The Balaban J connectivity index is 1.99. The Morgan fingerprint density at radius 3 is 2.37 bits per heavy atom. The van der Waals surface area contributed by atoms with Crippen LogP contribution in [0.15, 0.2) is 71.8 Å². The highest BCUT2D eigenvalue weighted by Crippen LogP contribution is 2.40. The minimum Gasteiger partial charge on any atom is -0.378 e. The second-order valence-electron chi connectivity index (χ2n) is 8.50. The van der Waals surface area contributed by atoms with Gasteiger partial charge in [0.05, 0.1) is 5.39 Å². The molecule has 0 N–H and O–H groups in total. The lowest BCUT2D eigenvalue weighted by atomic mass is 9.85. The molecule has 4 rings (SSSR count). The maximum Gasteiger partial charge on any atom is 0.339 e. The Hall–Kier alpha value is -2.63. The summed E-state index contributed by atoms with van der Waals surface area (Å²) in [4.78, 5) is 4.23. The summed E-state index contributed by atoms with van der Waals surface area (Å²) in [5, 5.41) is 3.43. The van der Waals surface area contributed by atoms with Gasteiger partial charge in [0.25, 0.3) is 0 Å². The van der Waals surface area contributed by atoms with E-state index in [1.807, 2.05) is 18.2 Å². The molecule has 0 unspecified atom stereocenters. The van der Waals surface area contributed by atoms with Gasteiger partial charge < -0.3 is 4.18 Å². The zero-order chi connectivity index (χ0) is 21.5. The van der Waals surface area contributed by atoms with E-state index in [4.69, 9.17) is 15.8 Å². The Kier molecular flexibility index (Phi) is 5.20. The molecule has 30 heavy (non-hydrogen) atoms. The average Bonchev–Trinajstić information content (AvgIpc) is 2.68. The van der Waals surface area contributed by atoms with Gasteiger partial charge in [-0.25, -0.2) is 4.98 Å². The molecule has 4 nitrogen and oxygen atoms in total. The van der Waals surface area contributed by atoms with Crippen LogP contribution in [0.3, 0.4) is 0 Å². The molecule has 0 radical (unpaired) electrons. The summed E-state index contributed by atoms with van der Waals surface area (Å²) in [5.74, 6) is 0.181. The third-order valence-electron chi connectivity index (χ3n) is 4.87. The van der Waals surface area contributed by atoms with Crippen LogP contribution < -0.4 is 4.18 Å². The molecule has 0 fully saturated rings. The number of rotatable bonds is 4. The van der Waals surface area contributed by atoms with Gasteiger partial charge in [-0.05, 0) is 57.8 Å². The Bertz CT molecular complexity index is 1340. The summed E-state index contributed by atoms with van der Waals surface area (Å²) in [6.07, 6.45) is 2.45. The quantitative estimate of drug-likeness (QED) is 0.210. The van der Waals surface area contributed by atoms with Gasteiger partial charge in [-0.2, -0.15) is 8.42 Å². The summed E-state index contributed by atoms with van der Waals surface area (Å²) < 4.78 is 31.5. The average molecular weight is 440 g/mol. The van der Waals surface area contributed by atoms with Crippen LogP contribution in [-0.2, 0) is 16.5 Å². The van der Waals surface area contributed by atoms with Gasteiger partial charge in [0, 0.05) is 6.20 Å². The lowest BCUT2D eigenvalue weighted by Crippen LogP contribution is -2.11. The van der Waals surface area contributed by atoms with Crippen LogP contribution in [0.4, 0.5) is 0 Å². The predicted molar refractivity (Wildman–Crippen MR) is 122 cm³/mol. The monoisotopic (exact) mass is 439 g/mol. The highest BCUT2D eigenvalue weighted by Gasteiger charge is 2.22. The Morgan fingerprint density at radius 2 is 1.67 bits per heavy atom. The van der Waals surface area contributed by atoms with Crippen molar-refractivity contribution in [3.8, 4) is 5.75 Å². The van der Waals surface area contributed by atoms with Crippen molar-refractivity contribution in [2.45, 2.75) is 32.1 Å². The summed E-state index contributed by atoms with van der Waals surface area (Å²) in [5.41, 5.74) is 1.19. The van der Waals surface area contributed by atoms with Gasteiger partial charge in [0.15, 0.2) is 5.75 Å². The normalized spacial score (nSPS) is 12.4. The first-order valence-electron chi connectivity index (χ1n) is 9.64. The molecular formula is C24H22ClNO3S. The highest BCUT2D eigenvalue weighted by molar-refractivity contribution is 7.87. The van der Waals surface area contributed by atoms with Gasteiger partial charge in [0.1, 0.15) is 10.0 Å². The van der Waals surface area contributed by atoms with Crippen LogP contribution in [0.5, 0.6) is 5.75 Å². The minimum absolute atomic E-state index is 0.0657. The summed E-state index contributed by atoms with van der Waals surface area (Å²) in [6, 6.07) is 17.8. The summed E-state index contributed by atoms with van der Waals surface area (Å²) in [6.45, 7) is 6.51. The van der Waals surface area contributed by atoms with Gasteiger partial charge in [-0.1, -0.05) is 68.8 Å². The maximum atomic E-state index is 12.9. The third-order valence-corrected chi connectivity index (χ3v) is 6.40. The molecule has 6 heteroatoms. The van der Waals surface area contributed by atoms with Crippen LogP contribution in [0.1, 0.15) is 26.3 Å². The van der Waals surface area contributed by atoms with Crippen LogP contribution in [0.2, 0.25) is 5.15 Å². The van der Waals surface area contributed by atoms with Crippen molar-refractivity contribution in [2.24, 2.45) is 5.41 Å². The largest absolute Gasteiger partial charge is 0.378 e. The molecule has 1 heterocycles. The highest BCUT2D eigenvalue weighted by atomic mass is 35.5. The van der Waals surface area contributed by atoms with Crippen molar-refractivity contribution < 1.29 is 12.6 Å². The summed E-state index contributed by atoms with van der Waals surface area (Å²) in [7, 11) is -4.02. The van der Waals surface area contributed by atoms with Crippen molar-refractivity contribution >= 4 is 43.3 Å². The van der Waals surface area contributed by atoms with E-state index in [9.17, 15) is 8.42 Å². The fraction of sp³-hybridized carbons (Fsp3) is 0.208. The first-order valence-corrected chi connectivity index (χ1v) is 11.4. The molecule has 4 aromatic rings. The topological polar surface area (TPSA) is 56.3 Å². The van der Waals surface area contributed by atoms with E-state index in [-0.39, 0.29) is 21.2 Å². The number of fused-ring (bicyclic) bond motifs is 3. The smallest absolute Gasteiger partial charge is 0.339 e. The first kappa shape index (κ1) is 20.6. The Morgan fingerprint density at radius 1 is 0.933 bits per heavy atom. The molecule has 0 bridgehead atoms. The van der Waals surface area contributed by atoms with Crippen LogP contribution in [0, 0.1) is 5.41 Å². The van der Waals surface area contributed by atoms with E-state index in [2.05, 4.69) is 31.8 Å². The molecule has 0 saturated heterocycles. The molecular weight excluding hydrogens is 418 g/mol. The molecule has 0 spiro atoms. The van der Waals surface area contributed by atoms with Crippen LogP contribution in [0.25, 0.3) is 21.5 Å². The first-order chi connectivity index (χ1) is 14.2. The molecule has 0 atom stereocenters. The van der Waals surface area contributed by atoms with Crippen molar-refractivity contribution in [1.82, 2.24) is 4.98 Å². The van der Waals surface area contributed by atoms with Crippen molar-refractivity contribution in [1.29, 1.82) is 0 Å². The number of hydrogen-bond acceptors (Lipinski definition) is 4. The zero-order valence-electron chi connectivity index (χ0n) is 17.0. The number of nitrogens with zero attached hydrogens (tertiary/aromatic N) is 1. The number of aromatic nitrogens is 1. The van der Waals surface area contributed by atoms with E-state index in [1.54, 1.807) is 30.5 Å². The van der Waals surface area contributed by atoms with E-state index in [1.165, 1.54) is 12.1 Å². The molecule has 0 aliphatic heterocycles. The maximum absolute atomic E-state index is 12.9. The molecule has 0 aliphatic carbocycles. The third kappa shape index (κ3) is 4.00. The second kappa shape index (κ2) is 7.56.